The van der Waals surface area contributed by atoms with Crippen LogP contribution in [-0.4, -0.2) is 63.0 Å². The Kier molecular flexibility index (Phi) is 8.01. The Morgan fingerprint density at radius 1 is 1.10 bits per heavy atom. The zero-order valence-corrected chi connectivity index (χ0v) is 14.0. The third kappa shape index (κ3) is 5.51. The lowest BCUT2D eigenvalue weighted by Gasteiger charge is -2.49. The van der Waals surface area contributed by atoms with Gasteiger partial charge >= 0.3 is 0 Å². The number of nitrogens with one attached hydrogen (secondary N) is 1. The summed E-state index contributed by atoms with van der Waals surface area (Å²) in [6.07, 6.45) is 9.31. The van der Waals surface area contributed by atoms with Gasteiger partial charge in [0.1, 0.15) is 0 Å². The second kappa shape index (κ2) is 9.78. The summed E-state index contributed by atoms with van der Waals surface area (Å²) >= 11 is 0. The molecule has 2 rings (SSSR count). The highest BCUT2D eigenvalue weighted by Gasteiger charge is 2.37. The van der Waals surface area contributed by atoms with Crippen LogP contribution in [0.2, 0.25) is 0 Å². The Balaban J connectivity index is 1.68. The van der Waals surface area contributed by atoms with Gasteiger partial charge < -0.3 is 14.8 Å². The standard InChI is InChI=1S/C17H34N2O2/c1-3-8-18-15-13-16-6-4-7-17(14-15)19(16)9-5-10-21-12-11-20-2/h15-18H,3-14H2,1-2H3. The number of rotatable bonds is 10. The van der Waals surface area contributed by atoms with Crippen molar-refractivity contribution in [2.45, 2.75) is 70.0 Å². The highest BCUT2D eigenvalue weighted by atomic mass is 16.5. The minimum atomic E-state index is 0.708. The molecule has 2 bridgehead atoms. The van der Waals surface area contributed by atoms with Crippen molar-refractivity contribution in [1.82, 2.24) is 10.2 Å². The quantitative estimate of drug-likeness (QED) is 0.628. The molecule has 0 aromatic carbocycles. The first kappa shape index (κ1) is 17.2. The zero-order chi connectivity index (χ0) is 14.9. The van der Waals surface area contributed by atoms with Crippen LogP contribution in [0.15, 0.2) is 0 Å². The van der Waals surface area contributed by atoms with E-state index in [0.29, 0.717) is 6.61 Å². The number of ether oxygens (including phenoxy) is 2. The number of hydrogen-bond donors (Lipinski definition) is 1. The first-order chi connectivity index (χ1) is 10.3. The monoisotopic (exact) mass is 298 g/mol. The van der Waals surface area contributed by atoms with Crippen molar-refractivity contribution in [3.8, 4) is 0 Å². The minimum Gasteiger partial charge on any atom is -0.382 e. The van der Waals surface area contributed by atoms with E-state index in [0.717, 1.165) is 37.8 Å². The van der Waals surface area contributed by atoms with Gasteiger partial charge in [-0.15, -0.1) is 0 Å². The molecular formula is C17H34N2O2. The van der Waals surface area contributed by atoms with Gasteiger partial charge in [-0.3, -0.25) is 4.90 Å². The highest BCUT2D eigenvalue weighted by molar-refractivity contribution is 4.94. The van der Waals surface area contributed by atoms with Crippen LogP contribution in [0, 0.1) is 0 Å². The van der Waals surface area contributed by atoms with E-state index in [1.165, 1.54) is 51.6 Å². The fourth-order valence-corrected chi connectivity index (χ4v) is 3.95. The molecule has 0 radical (unpaired) electrons. The van der Waals surface area contributed by atoms with Crippen LogP contribution in [0.4, 0.5) is 0 Å². The van der Waals surface area contributed by atoms with Crippen molar-refractivity contribution in [1.29, 1.82) is 0 Å². The third-order valence-electron chi connectivity index (χ3n) is 4.95. The first-order valence-electron chi connectivity index (χ1n) is 8.91. The molecule has 0 spiro atoms. The largest absolute Gasteiger partial charge is 0.382 e. The molecule has 21 heavy (non-hydrogen) atoms. The molecule has 1 N–H and O–H groups in total. The van der Waals surface area contributed by atoms with Crippen molar-refractivity contribution in [3.05, 3.63) is 0 Å². The fourth-order valence-electron chi connectivity index (χ4n) is 3.95. The van der Waals surface area contributed by atoms with E-state index in [4.69, 9.17) is 9.47 Å². The molecule has 0 saturated carbocycles. The zero-order valence-electron chi connectivity index (χ0n) is 14.0. The van der Waals surface area contributed by atoms with Gasteiger partial charge in [0.15, 0.2) is 0 Å². The van der Waals surface area contributed by atoms with Crippen LogP contribution in [0.5, 0.6) is 0 Å². The van der Waals surface area contributed by atoms with Gasteiger partial charge in [-0.05, 0) is 45.1 Å². The summed E-state index contributed by atoms with van der Waals surface area (Å²) in [6.45, 7) is 6.95. The maximum absolute atomic E-state index is 5.60. The Labute approximate surface area is 130 Å². The molecule has 2 heterocycles. The molecular weight excluding hydrogens is 264 g/mol. The molecule has 2 atom stereocenters. The average Bonchev–Trinajstić information content (AvgIpc) is 2.48. The lowest BCUT2D eigenvalue weighted by Crippen LogP contribution is -2.56. The lowest BCUT2D eigenvalue weighted by atomic mass is 9.81. The third-order valence-corrected chi connectivity index (χ3v) is 4.95. The van der Waals surface area contributed by atoms with Crippen molar-refractivity contribution in [2.75, 3.05) is 40.0 Å². The SMILES string of the molecule is CCCNC1CC2CCCC(C1)N2CCCOCCOC. The molecule has 2 fully saturated rings. The molecule has 2 aliphatic rings. The molecule has 0 aromatic rings. The van der Waals surface area contributed by atoms with Crippen molar-refractivity contribution >= 4 is 0 Å². The summed E-state index contributed by atoms with van der Waals surface area (Å²) in [7, 11) is 1.72. The summed E-state index contributed by atoms with van der Waals surface area (Å²) in [5, 5.41) is 3.75. The number of methoxy groups -OCH3 is 1. The molecule has 2 aliphatic heterocycles. The Hall–Kier alpha value is -0.160. The molecule has 4 nitrogen and oxygen atoms in total. The minimum absolute atomic E-state index is 0.708. The van der Waals surface area contributed by atoms with E-state index in [2.05, 4.69) is 17.1 Å². The van der Waals surface area contributed by atoms with E-state index in [9.17, 15) is 0 Å². The molecule has 0 aliphatic carbocycles. The summed E-state index contributed by atoms with van der Waals surface area (Å²) in [5.74, 6) is 0. The maximum atomic E-state index is 5.60. The van der Waals surface area contributed by atoms with E-state index in [1.807, 2.05) is 0 Å². The predicted molar refractivity (Wildman–Crippen MR) is 86.8 cm³/mol. The number of piperidine rings is 2. The number of nitrogens with zero attached hydrogens (tertiary/aromatic N) is 1. The second-order valence-corrected chi connectivity index (χ2v) is 6.56. The van der Waals surface area contributed by atoms with Gasteiger partial charge in [0.25, 0.3) is 0 Å². The molecule has 0 amide bonds. The second-order valence-electron chi connectivity index (χ2n) is 6.56. The predicted octanol–water partition coefficient (Wildman–Crippen LogP) is 2.42. The van der Waals surface area contributed by atoms with Crippen LogP contribution in [0.1, 0.15) is 51.9 Å². The van der Waals surface area contributed by atoms with Crippen molar-refractivity contribution in [3.63, 3.8) is 0 Å². The van der Waals surface area contributed by atoms with E-state index in [-0.39, 0.29) is 0 Å². The molecule has 124 valence electrons. The van der Waals surface area contributed by atoms with Gasteiger partial charge in [-0.25, -0.2) is 0 Å². The van der Waals surface area contributed by atoms with Gasteiger partial charge in [0.05, 0.1) is 13.2 Å². The molecule has 0 aromatic heterocycles. The summed E-state index contributed by atoms with van der Waals surface area (Å²) in [4.78, 5) is 2.79. The van der Waals surface area contributed by atoms with E-state index >= 15 is 0 Å². The van der Waals surface area contributed by atoms with Crippen LogP contribution in [0.25, 0.3) is 0 Å². The van der Waals surface area contributed by atoms with Crippen LogP contribution >= 0.6 is 0 Å². The molecule has 2 unspecified atom stereocenters. The Morgan fingerprint density at radius 3 is 2.52 bits per heavy atom. The van der Waals surface area contributed by atoms with Gasteiger partial charge in [-0.1, -0.05) is 13.3 Å². The number of hydrogen-bond acceptors (Lipinski definition) is 4. The molecule has 2 saturated heterocycles. The fraction of sp³-hybridized carbons (Fsp3) is 1.00. The summed E-state index contributed by atoms with van der Waals surface area (Å²) < 4.78 is 10.6. The average molecular weight is 298 g/mol. The van der Waals surface area contributed by atoms with Crippen LogP contribution in [-0.2, 0) is 9.47 Å². The van der Waals surface area contributed by atoms with Gasteiger partial charge in [0, 0.05) is 38.4 Å². The lowest BCUT2D eigenvalue weighted by molar-refractivity contribution is 0.0120. The first-order valence-corrected chi connectivity index (χ1v) is 8.91. The van der Waals surface area contributed by atoms with Crippen LogP contribution < -0.4 is 5.32 Å². The van der Waals surface area contributed by atoms with Crippen molar-refractivity contribution in [2.24, 2.45) is 0 Å². The Morgan fingerprint density at radius 2 is 1.86 bits per heavy atom. The smallest absolute Gasteiger partial charge is 0.0700 e. The summed E-state index contributed by atoms with van der Waals surface area (Å²) in [5.41, 5.74) is 0. The van der Waals surface area contributed by atoms with Crippen molar-refractivity contribution < 1.29 is 9.47 Å². The molecule has 4 heteroatoms. The topological polar surface area (TPSA) is 33.7 Å². The van der Waals surface area contributed by atoms with Gasteiger partial charge in [0.2, 0.25) is 0 Å². The van der Waals surface area contributed by atoms with Gasteiger partial charge in [-0.2, -0.15) is 0 Å². The van der Waals surface area contributed by atoms with E-state index < -0.39 is 0 Å². The Bertz CT molecular complexity index is 262. The van der Waals surface area contributed by atoms with Crippen LogP contribution in [0.3, 0.4) is 0 Å². The summed E-state index contributed by atoms with van der Waals surface area (Å²) in [6, 6.07) is 2.38. The van der Waals surface area contributed by atoms with E-state index in [1.54, 1.807) is 7.11 Å². The number of fused-ring (bicyclic) bond motifs is 2. The highest BCUT2D eigenvalue weighted by Crippen LogP contribution is 2.34. The normalized spacial score (nSPS) is 29.7. The maximum Gasteiger partial charge on any atom is 0.0700 e.